The minimum Gasteiger partial charge on any atom is -0.381 e. The molecule has 0 atom stereocenters. The third-order valence-electron chi connectivity index (χ3n) is 2.77. The van der Waals surface area contributed by atoms with Crippen molar-refractivity contribution < 1.29 is 9.13 Å². The number of halogens is 1. The monoisotopic (exact) mass is 310 g/mol. The minimum absolute atomic E-state index is 0.214. The van der Waals surface area contributed by atoms with Crippen LogP contribution in [-0.2, 0) is 11.3 Å². The van der Waals surface area contributed by atoms with Crippen LogP contribution in [0.5, 0.6) is 0 Å². The second-order valence-corrected chi connectivity index (χ2v) is 5.38. The van der Waals surface area contributed by atoms with E-state index in [4.69, 9.17) is 4.74 Å². The van der Waals surface area contributed by atoms with E-state index in [1.54, 1.807) is 12.3 Å². The van der Waals surface area contributed by atoms with Gasteiger partial charge in [0, 0.05) is 32.5 Å². The normalized spacial score (nSPS) is 11.8. The fraction of sp³-hybridized carbons (Fsp3) is 0.625. The molecule has 0 aliphatic heterocycles. The van der Waals surface area contributed by atoms with Gasteiger partial charge in [-0.25, -0.2) is 9.38 Å². The van der Waals surface area contributed by atoms with Gasteiger partial charge >= 0.3 is 0 Å². The average Bonchev–Trinajstić information content (AvgIpc) is 2.49. The van der Waals surface area contributed by atoms with Gasteiger partial charge in [0.2, 0.25) is 0 Å². The zero-order valence-electron chi connectivity index (χ0n) is 13.7. The standard InChI is InChI=1S/C16H27FN4O/c1-4-18-16(20-9-6-10-22-12-13(2)3)21-11-15-14(17)7-5-8-19-15/h5,7-8,13H,4,6,9-12H2,1-3H3,(H2,18,20,21). The molecular weight excluding hydrogens is 283 g/mol. The van der Waals surface area contributed by atoms with E-state index < -0.39 is 0 Å². The van der Waals surface area contributed by atoms with Gasteiger partial charge in [-0.05, 0) is 31.4 Å². The Balaban J connectivity index is 2.35. The number of pyridine rings is 1. The number of rotatable bonds is 9. The van der Waals surface area contributed by atoms with E-state index >= 15 is 0 Å². The van der Waals surface area contributed by atoms with Crippen molar-refractivity contribution in [2.45, 2.75) is 33.7 Å². The van der Waals surface area contributed by atoms with Crippen molar-refractivity contribution in [1.29, 1.82) is 0 Å². The summed E-state index contributed by atoms with van der Waals surface area (Å²) >= 11 is 0. The summed E-state index contributed by atoms with van der Waals surface area (Å²) in [6.07, 6.45) is 2.47. The Labute approximate surface area is 132 Å². The van der Waals surface area contributed by atoms with E-state index in [2.05, 4.69) is 34.5 Å². The molecule has 0 aromatic carbocycles. The van der Waals surface area contributed by atoms with Crippen LogP contribution in [0.2, 0.25) is 0 Å². The molecule has 22 heavy (non-hydrogen) atoms. The van der Waals surface area contributed by atoms with Crippen LogP contribution >= 0.6 is 0 Å². The molecule has 0 amide bonds. The maximum atomic E-state index is 13.5. The Bertz CT molecular complexity index is 452. The fourth-order valence-corrected chi connectivity index (χ4v) is 1.73. The molecule has 0 saturated carbocycles. The Morgan fingerprint density at radius 2 is 2.23 bits per heavy atom. The second kappa shape index (κ2) is 11.0. The molecule has 0 fully saturated rings. The summed E-state index contributed by atoms with van der Waals surface area (Å²) in [5.41, 5.74) is 0.347. The fourth-order valence-electron chi connectivity index (χ4n) is 1.73. The van der Waals surface area contributed by atoms with Crippen molar-refractivity contribution in [3.63, 3.8) is 0 Å². The van der Waals surface area contributed by atoms with Crippen molar-refractivity contribution in [3.8, 4) is 0 Å². The number of aromatic nitrogens is 1. The number of guanidine groups is 1. The predicted octanol–water partition coefficient (Wildman–Crippen LogP) is 2.34. The van der Waals surface area contributed by atoms with Crippen molar-refractivity contribution in [3.05, 3.63) is 29.8 Å². The van der Waals surface area contributed by atoms with Gasteiger partial charge in [0.25, 0.3) is 0 Å². The van der Waals surface area contributed by atoms with Crippen molar-refractivity contribution in [2.75, 3.05) is 26.3 Å². The Morgan fingerprint density at radius 1 is 1.41 bits per heavy atom. The lowest BCUT2D eigenvalue weighted by Crippen LogP contribution is -2.38. The SMILES string of the molecule is CCNC(=NCc1ncccc1F)NCCCOCC(C)C. The molecule has 0 spiro atoms. The molecule has 2 N–H and O–H groups in total. The largest absolute Gasteiger partial charge is 0.381 e. The van der Waals surface area contributed by atoms with E-state index in [9.17, 15) is 4.39 Å². The first kappa shape index (κ1) is 18.4. The molecule has 1 aromatic rings. The summed E-state index contributed by atoms with van der Waals surface area (Å²) in [5.74, 6) is 0.890. The van der Waals surface area contributed by atoms with Gasteiger partial charge in [0.1, 0.15) is 5.82 Å². The Hall–Kier alpha value is -1.69. The predicted molar refractivity (Wildman–Crippen MR) is 87.3 cm³/mol. The molecule has 0 unspecified atom stereocenters. The third-order valence-corrected chi connectivity index (χ3v) is 2.77. The zero-order chi connectivity index (χ0) is 16.2. The van der Waals surface area contributed by atoms with Gasteiger partial charge < -0.3 is 15.4 Å². The first-order chi connectivity index (χ1) is 10.6. The molecule has 1 heterocycles. The molecular formula is C16H27FN4O. The average molecular weight is 310 g/mol. The van der Waals surface area contributed by atoms with Crippen LogP contribution in [0.25, 0.3) is 0 Å². The molecule has 6 heteroatoms. The minimum atomic E-state index is -0.329. The number of hydrogen-bond acceptors (Lipinski definition) is 3. The van der Waals surface area contributed by atoms with Crippen molar-refractivity contribution in [2.24, 2.45) is 10.9 Å². The molecule has 1 aromatic heterocycles. The molecule has 5 nitrogen and oxygen atoms in total. The van der Waals surface area contributed by atoms with Crippen molar-refractivity contribution >= 4 is 5.96 Å². The topological polar surface area (TPSA) is 58.5 Å². The van der Waals surface area contributed by atoms with Crippen LogP contribution in [0.3, 0.4) is 0 Å². The van der Waals surface area contributed by atoms with Crippen LogP contribution < -0.4 is 10.6 Å². The maximum absolute atomic E-state index is 13.5. The summed E-state index contributed by atoms with van der Waals surface area (Å²) in [6.45, 7) is 9.48. The number of nitrogens with zero attached hydrogens (tertiary/aromatic N) is 2. The summed E-state index contributed by atoms with van der Waals surface area (Å²) in [5, 5.41) is 6.34. The van der Waals surface area contributed by atoms with E-state index in [1.165, 1.54) is 6.07 Å². The highest BCUT2D eigenvalue weighted by Crippen LogP contribution is 2.03. The Morgan fingerprint density at radius 3 is 2.91 bits per heavy atom. The summed E-state index contributed by atoms with van der Waals surface area (Å²) in [7, 11) is 0. The summed E-state index contributed by atoms with van der Waals surface area (Å²) < 4.78 is 19.0. The van der Waals surface area contributed by atoms with Gasteiger partial charge in [0.15, 0.2) is 5.96 Å². The molecule has 0 saturated heterocycles. The molecule has 124 valence electrons. The molecule has 0 aliphatic rings. The van der Waals surface area contributed by atoms with Crippen LogP contribution in [0, 0.1) is 11.7 Å². The zero-order valence-corrected chi connectivity index (χ0v) is 13.7. The number of nitrogens with one attached hydrogen (secondary N) is 2. The lowest BCUT2D eigenvalue weighted by Gasteiger charge is -2.12. The lowest BCUT2D eigenvalue weighted by atomic mass is 10.2. The van der Waals surface area contributed by atoms with E-state index in [0.717, 1.165) is 32.7 Å². The number of hydrogen-bond donors (Lipinski definition) is 2. The van der Waals surface area contributed by atoms with Crippen molar-refractivity contribution in [1.82, 2.24) is 15.6 Å². The van der Waals surface area contributed by atoms with E-state index in [0.29, 0.717) is 17.6 Å². The van der Waals surface area contributed by atoms with Crippen LogP contribution in [-0.4, -0.2) is 37.2 Å². The third kappa shape index (κ3) is 7.93. The first-order valence-electron chi connectivity index (χ1n) is 7.82. The highest BCUT2D eigenvalue weighted by atomic mass is 19.1. The van der Waals surface area contributed by atoms with Gasteiger partial charge in [-0.2, -0.15) is 0 Å². The van der Waals surface area contributed by atoms with Crippen LogP contribution in [0.15, 0.2) is 23.3 Å². The van der Waals surface area contributed by atoms with Crippen LogP contribution in [0.4, 0.5) is 4.39 Å². The lowest BCUT2D eigenvalue weighted by molar-refractivity contribution is 0.108. The first-order valence-corrected chi connectivity index (χ1v) is 7.82. The molecule has 1 rings (SSSR count). The maximum Gasteiger partial charge on any atom is 0.191 e. The number of aliphatic imine (C=N–C) groups is 1. The highest BCUT2D eigenvalue weighted by Gasteiger charge is 2.02. The summed E-state index contributed by atoms with van der Waals surface area (Å²) in [4.78, 5) is 8.33. The molecule has 0 radical (unpaired) electrons. The van der Waals surface area contributed by atoms with E-state index in [-0.39, 0.29) is 12.4 Å². The number of ether oxygens (including phenoxy) is 1. The second-order valence-electron chi connectivity index (χ2n) is 5.38. The molecule has 0 aliphatic carbocycles. The quantitative estimate of drug-likeness (QED) is 0.417. The molecule has 0 bridgehead atoms. The van der Waals surface area contributed by atoms with Gasteiger partial charge in [-0.1, -0.05) is 13.8 Å². The van der Waals surface area contributed by atoms with E-state index in [1.807, 2.05) is 6.92 Å². The van der Waals surface area contributed by atoms with Gasteiger partial charge in [-0.3, -0.25) is 4.98 Å². The Kier molecular flexibility index (Phi) is 9.14. The smallest absolute Gasteiger partial charge is 0.191 e. The van der Waals surface area contributed by atoms with Gasteiger partial charge in [0.05, 0.1) is 12.2 Å². The van der Waals surface area contributed by atoms with Crippen LogP contribution in [0.1, 0.15) is 32.9 Å². The van der Waals surface area contributed by atoms with Gasteiger partial charge in [-0.15, -0.1) is 0 Å². The highest BCUT2D eigenvalue weighted by molar-refractivity contribution is 5.79. The summed E-state index contributed by atoms with van der Waals surface area (Å²) in [6, 6.07) is 2.97.